The first kappa shape index (κ1) is 16.7. The Morgan fingerprint density at radius 2 is 1.87 bits per heavy atom. The van der Waals surface area contributed by atoms with Crippen molar-refractivity contribution in [1.29, 1.82) is 0 Å². The van der Waals surface area contributed by atoms with Gasteiger partial charge in [-0.05, 0) is 31.9 Å². The van der Waals surface area contributed by atoms with Crippen LogP contribution in [-0.4, -0.2) is 21.1 Å². The zero-order valence-electron chi connectivity index (χ0n) is 13.6. The van der Waals surface area contributed by atoms with Crippen LogP contribution in [0.25, 0.3) is 0 Å². The van der Waals surface area contributed by atoms with Gasteiger partial charge in [0, 0.05) is 18.3 Å². The van der Waals surface area contributed by atoms with Gasteiger partial charge in [0.15, 0.2) is 0 Å². The van der Waals surface area contributed by atoms with Crippen molar-refractivity contribution in [1.82, 2.24) is 14.5 Å². The van der Waals surface area contributed by atoms with Crippen LogP contribution in [0.4, 0.5) is 0 Å². The smallest absolute Gasteiger partial charge is 0.331 e. The summed E-state index contributed by atoms with van der Waals surface area (Å²) in [5, 5.41) is 2.68. The van der Waals surface area contributed by atoms with Gasteiger partial charge in [0.05, 0.1) is 6.54 Å². The quantitative estimate of drug-likeness (QED) is 0.890. The van der Waals surface area contributed by atoms with Crippen LogP contribution in [0.3, 0.4) is 0 Å². The predicted octanol–water partition coefficient (Wildman–Crippen LogP) is 0.891. The van der Waals surface area contributed by atoms with Crippen LogP contribution in [-0.2, 0) is 17.9 Å². The molecule has 6 heteroatoms. The van der Waals surface area contributed by atoms with E-state index in [9.17, 15) is 14.4 Å². The van der Waals surface area contributed by atoms with E-state index < -0.39 is 11.2 Å². The monoisotopic (exact) mass is 315 g/mol. The van der Waals surface area contributed by atoms with Crippen LogP contribution >= 0.6 is 0 Å². The van der Waals surface area contributed by atoms with E-state index in [0.29, 0.717) is 6.54 Å². The molecule has 1 aromatic heterocycles. The lowest BCUT2D eigenvalue weighted by Crippen LogP contribution is -2.44. The number of hydrogen-bond donors (Lipinski definition) is 1. The summed E-state index contributed by atoms with van der Waals surface area (Å²) in [5.41, 5.74) is 1.09. The first-order valence-corrected chi connectivity index (χ1v) is 7.52. The summed E-state index contributed by atoms with van der Waals surface area (Å²) in [6, 6.07) is 8.99. The molecule has 0 saturated heterocycles. The largest absolute Gasteiger partial charge is 0.352 e. The molecule has 0 atom stereocenters. The van der Waals surface area contributed by atoms with E-state index in [-0.39, 0.29) is 18.5 Å². The average molecular weight is 315 g/mol. The lowest BCUT2D eigenvalue weighted by molar-refractivity contribution is -0.122. The molecule has 0 spiro atoms. The number of carbonyl (C=O) groups excluding carboxylic acids is 1. The summed E-state index contributed by atoms with van der Waals surface area (Å²) in [5.74, 6) is -0.354. The van der Waals surface area contributed by atoms with Crippen LogP contribution < -0.4 is 16.6 Å². The van der Waals surface area contributed by atoms with Crippen LogP contribution in [0.5, 0.6) is 0 Å². The minimum Gasteiger partial charge on any atom is -0.352 e. The third-order valence-electron chi connectivity index (χ3n) is 3.49. The van der Waals surface area contributed by atoms with Gasteiger partial charge in [-0.3, -0.25) is 18.7 Å². The summed E-state index contributed by atoms with van der Waals surface area (Å²) in [6.07, 6.45) is 1.47. The molecule has 1 amide bonds. The molecule has 2 rings (SSSR count). The number of aryl methyl sites for hydroxylation is 1. The van der Waals surface area contributed by atoms with E-state index in [1.54, 1.807) is 0 Å². The fourth-order valence-corrected chi connectivity index (χ4v) is 2.30. The van der Waals surface area contributed by atoms with Gasteiger partial charge in [-0.1, -0.05) is 24.3 Å². The fraction of sp³-hybridized carbons (Fsp3) is 0.353. The van der Waals surface area contributed by atoms with E-state index in [4.69, 9.17) is 0 Å². The molecular weight excluding hydrogens is 294 g/mol. The second-order valence-electron chi connectivity index (χ2n) is 5.80. The predicted molar refractivity (Wildman–Crippen MR) is 88.5 cm³/mol. The number of hydrogen-bond acceptors (Lipinski definition) is 3. The molecule has 23 heavy (non-hydrogen) atoms. The minimum absolute atomic E-state index is 0.0453. The molecule has 0 radical (unpaired) electrons. The standard InChI is InChI=1S/C17H21N3O3/c1-12(2)18-15(21)11-20-16(22)8-9-19(17(20)23)10-14-7-5-4-6-13(14)3/h4-9,12H,10-11H2,1-3H3,(H,18,21). The SMILES string of the molecule is Cc1ccccc1Cn1ccc(=O)n(CC(=O)NC(C)C)c1=O. The Morgan fingerprint density at radius 1 is 1.17 bits per heavy atom. The Bertz CT molecular complexity index is 818. The highest BCUT2D eigenvalue weighted by atomic mass is 16.2. The number of amides is 1. The van der Waals surface area contributed by atoms with Gasteiger partial charge in [-0.25, -0.2) is 4.79 Å². The molecular formula is C17H21N3O3. The molecule has 0 unspecified atom stereocenters. The van der Waals surface area contributed by atoms with Crippen molar-refractivity contribution in [3.63, 3.8) is 0 Å². The minimum atomic E-state index is -0.486. The van der Waals surface area contributed by atoms with Gasteiger partial charge in [-0.2, -0.15) is 0 Å². The maximum Gasteiger partial charge on any atom is 0.331 e. The fourth-order valence-electron chi connectivity index (χ4n) is 2.30. The number of nitrogens with zero attached hydrogens (tertiary/aromatic N) is 2. The van der Waals surface area contributed by atoms with Gasteiger partial charge in [0.2, 0.25) is 5.91 Å². The number of carbonyl (C=O) groups is 1. The highest BCUT2D eigenvalue weighted by Gasteiger charge is 2.11. The van der Waals surface area contributed by atoms with Gasteiger partial charge in [0.1, 0.15) is 6.54 Å². The van der Waals surface area contributed by atoms with Crippen molar-refractivity contribution in [3.8, 4) is 0 Å². The maximum absolute atomic E-state index is 12.5. The topological polar surface area (TPSA) is 73.1 Å². The Labute approximate surface area is 134 Å². The summed E-state index contributed by atoms with van der Waals surface area (Å²) in [4.78, 5) is 36.2. The van der Waals surface area contributed by atoms with Gasteiger partial charge >= 0.3 is 5.69 Å². The van der Waals surface area contributed by atoms with Crippen molar-refractivity contribution in [2.24, 2.45) is 0 Å². The Balaban J connectivity index is 2.32. The van der Waals surface area contributed by atoms with Crippen molar-refractivity contribution in [3.05, 3.63) is 68.5 Å². The number of nitrogens with one attached hydrogen (secondary N) is 1. The first-order valence-electron chi connectivity index (χ1n) is 7.52. The zero-order chi connectivity index (χ0) is 17.0. The number of rotatable bonds is 5. The van der Waals surface area contributed by atoms with E-state index in [1.807, 2.05) is 45.0 Å². The van der Waals surface area contributed by atoms with Crippen molar-refractivity contribution >= 4 is 5.91 Å². The summed E-state index contributed by atoms with van der Waals surface area (Å²) in [6.45, 7) is 5.69. The van der Waals surface area contributed by atoms with E-state index in [1.165, 1.54) is 16.8 Å². The van der Waals surface area contributed by atoms with Gasteiger partial charge in [-0.15, -0.1) is 0 Å². The molecule has 1 aromatic carbocycles. The molecule has 6 nitrogen and oxygen atoms in total. The van der Waals surface area contributed by atoms with Crippen LogP contribution in [0.15, 0.2) is 46.1 Å². The van der Waals surface area contributed by atoms with E-state index in [2.05, 4.69) is 5.32 Å². The summed E-state index contributed by atoms with van der Waals surface area (Å²) in [7, 11) is 0. The second kappa shape index (κ2) is 7.09. The maximum atomic E-state index is 12.5. The first-order chi connectivity index (χ1) is 10.9. The Kier molecular flexibility index (Phi) is 5.16. The van der Waals surface area contributed by atoms with Crippen LogP contribution in [0.2, 0.25) is 0 Å². The Morgan fingerprint density at radius 3 is 2.52 bits per heavy atom. The van der Waals surface area contributed by atoms with Crippen LogP contribution in [0.1, 0.15) is 25.0 Å². The molecule has 0 aliphatic carbocycles. The molecule has 0 aliphatic rings. The van der Waals surface area contributed by atoms with Crippen molar-refractivity contribution in [2.75, 3.05) is 0 Å². The number of benzene rings is 1. The third-order valence-corrected chi connectivity index (χ3v) is 3.49. The normalized spacial score (nSPS) is 10.8. The third kappa shape index (κ3) is 4.18. The van der Waals surface area contributed by atoms with Crippen LogP contribution in [0, 0.1) is 6.92 Å². The molecule has 1 N–H and O–H groups in total. The molecule has 2 aromatic rings. The lowest BCUT2D eigenvalue weighted by atomic mass is 10.1. The number of aromatic nitrogens is 2. The van der Waals surface area contributed by atoms with Gasteiger partial charge < -0.3 is 5.32 Å². The molecule has 0 saturated carbocycles. The van der Waals surface area contributed by atoms with Crippen molar-refractivity contribution < 1.29 is 4.79 Å². The average Bonchev–Trinajstić information content (AvgIpc) is 2.48. The molecule has 0 fully saturated rings. The molecule has 1 heterocycles. The van der Waals surface area contributed by atoms with Gasteiger partial charge in [0.25, 0.3) is 5.56 Å². The Hall–Kier alpha value is -2.63. The molecule has 0 bridgehead atoms. The summed E-state index contributed by atoms with van der Waals surface area (Å²) >= 11 is 0. The van der Waals surface area contributed by atoms with E-state index >= 15 is 0 Å². The zero-order valence-corrected chi connectivity index (χ0v) is 13.6. The lowest BCUT2D eigenvalue weighted by Gasteiger charge is -2.12. The van der Waals surface area contributed by atoms with E-state index in [0.717, 1.165) is 15.7 Å². The molecule has 122 valence electrons. The molecule has 0 aliphatic heterocycles. The highest BCUT2D eigenvalue weighted by molar-refractivity contribution is 5.75. The highest BCUT2D eigenvalue weighted by Crippen LogP contribution is 2.07. The van der Waals surface area contributed by atoms with Crippen molar-refractivity contribution in [2.45, 2.75) is 39.9 Å². The summed E-state index contributed by atoms with van der Waals surface area (Å²) < 4.78 is 2.39. The second-order valence-corrected chi connectivity index (χ2v) is 5.80.